The van der Waals surface area contributed by atoms with Crippen LogP contribution in [0.5, 0.6) is 0 Å². The zero-order valence-corrected chi connectivity index (χ0v) is 18.0. The molecule has 1 amide bonds. The predicted molar refractivity (Wildman–Crippen MR) is 130 cm³/mol. The van der Waals surface area contributed by atoms with Gasteiger partial charge in [0, 0.05) is 17.5 Å². The molecule has 0 spiro atoms. The number of aromatic amines is 1. The van der Waals surface area contributed by atoms with Crippen molar-refractivity contribution >= 4 is 39.9 Å². The molecule has 32 heavy (non-hydrogen) atoms. The number of carbonyl (C=O) groups excluding carboxylic acids is 1. The number of carbonyl (C=O) groups is 1. The Morgan fingerprint density at radius 2 is 1.62 bits per heavy atom. The number of nitrogens with zero attached hydrogens (tertiary/aromatic N) is 2. The first-order chi connectivity index (χ1) is 15.8. The lowest BCUT2D eigenvalue weighted by Crippen LogP contribution is -2.24. The molecule has 0 unspecified atom stereocenters. The minimum Gasteiger partial charge on any atom is -0.348 e. The monoisotopic (exact) mass is 436 g/mol. The van der Waals surface area contributed by atoms with Crippen LogP contribution in [0.1, 0.15) is 16.4 Å². The molecule has 0 aliphatic rings. The van der Waals surface area contributed by atoms with Gasteiger partial charge >= 0.3 is 0 Å². The molecule has 0 saturated carbocycles. The third-order valence-electron chi connectivity index (χ3n) is 5.04. The van der Waals surface area contributed by atoms with Crippen molar-refractivity contribution in [3.8, 4) is 11.3 Å². The molecule has 0 fully saturated rings. The van der Waals surface area contributed by atoms with Crippen molar-refractivity contribution in [3.05, 3.63) is 107 Å². The third-order valence-corrected chi connectivity index (χ3v) is 5.84. The lowest BCUT2D eigenvalue weighted by Gasteiger charge is -2.07. The van der Waals surface area contributed by atoms with Crippen LogP contribution in [0, 0.1) is 0 Å². The van der Waals surface area contributed by atoms with Crippen LogP contribution >= 0.6 is 11.3 Å². The summed E-state index contributed by atoms with van der Waals surface area (Å²) < 4.78 is 0. The number of nitrogens with one attached hydrogen (secondary N) is 2. The first kappa shape index (κ1) is 19.9. The highest BCUT2D eigenvalue weighted by molar-refractivity contribution is 7.11. The molecule has 0 saturated heterocycles. The molecule has 0 radical (unpaired) electrons. The molecule has 3 aromatic carbocycles. The van der Waals surface area contributed by atoms with Crippen LogP contribution in [0.15, 0.2) is 90.3 Å². The molecule has 5 aromatic rings. The van der Waals surface area contributed by atoms with Gasteiger partial charge in [0.05, 0.1) is 22.3 Å². The van der Waals surface area contributed by atoms with Crippen LogP contribution in [-0.2, 0) is 11.3 Å². The number of thiazole rings is 1. The smallest absolute Gasteiger partial charge is 0.255 e. The van der Waals surface area contributed by atoms with Gasteiger partial charge in [0.1, 0.15) is 10.8 Å². The molecule has 2 N–H and O–H groups in total. The number of H-pyrrole nitrogens is 1. The molecule has 2 heterocycles. The Kier molecular flexibility index (Phi) is 5.59. The van der Waals surface area contributed by atoms with Gasteiger partial charge in [0.2, 0.25) is 0 Å². The van der Waals surface area contributed by atoms with Crippen molar-refractivity contribution in [2.24, 2.45) is 0 Å². The van der Waals surface area contributed by atoms with Gasteiger partial charge in [-0.15, -0.1) is 11.3 Å². The number of hydrogen-bond acceptors (Lipinski definition) is 4. The van der Waals surface area contributed by atoms with Crippen LogP contribution in [0.25, 0.3) is 33.9 Å². The molecular formula is C26H20N4OS. The van der Waals surface area contributed by atoms with Crippen molar-refractivity contribution in [2.45, 2.75) is 6.54 Å². The van der Waals surface area contributed by atoms with Gasteiger partial charge in [0.15, 0.2) is 0 Å². The van der Waals surface area contributed by atoms with Crippen molar-refractivity contribution in [1.29, 1.82) is 0 Å². The molecular weight excluding hydrogens is 416 g/mol. The van der Waals surface area contributed by atoms with Crippen molar-refractivity contribution in [2.75, 3.05) is 0 Å². The van der Waals surface area contributed by atoms with E-state index in [9.17, 15) is 4.79 Å². The van der Waals surface area contributed by atoms with Crippen LogP contribution in [0.3, 0.4) is 0 Å². The molecule has 2 aromatic heterocycles. The largest absolute Gasteiger partial charge is 0.348 e. The van der Waals surface area contributed by atoms with E-state index in [1.54, 1.807) is 6.08 Å². The van der Waals surface area contributed by atoms with E-state index in [2.05, 4.69) is 15.3 Å². The fourth-order valence-electron chi connectivity index (χ4n) is 3.41. The number of benzene rings is 3. The summed E-state index contributed by atoms with van der Waals surface area (Å²) >= 11 is 1.50. The number of hydrogen-bond donors (Lipinski definition) is 2. The number of aromatic nitrogens is 3. The Morgan fingerprint density at radius 1 is 0.906 bits per heavy atom. The molecule has 0 bridgehead atoms. The standard InChI is InChI=1S/C26H20N4OS/c31-26(27-16-18-9-3-1-4-10-18)20(25-29-21-13-7-8-14-22(21)30-25)15-24-28-23(17-32-24)19-11-5-2-6-12-19/h1-15,17H,16H2,(H,27,31)(H,29,30). The Morgan fingerprint density at radius 3 is 2.41 bits per heavy atom. The summed E-state index contributed by atoms with van der Waals surface area (Å²) in [6.45, 7) is 0.435. The van der Waals surface area contributed by atoms with Gasteiger partial charge in [-0.3, -0.25) is 4.79 Å². The summed E-state index contributed by atoms with van der Waals surface area (Å²) in [5.41, 5.74) is 5.11. The highest BCUT2D eigenvalue weighted by Crippen LogP contribution is 2.25. The summed E-state index contributed by atoms with van der Waals surface area (Å²) in [4.78, 5) is 25.8. The van der Waals surface area contributed by atoms with Crippen LogP contribution in [-0.4, -0.2) is 20.9 Å². The fraction of sp³-hybridized carbons (Fsp3) is 0.0385. The minimum absolute atomic E-state index is 0.204. The van der Waals surface area contributed by atoms with Crippen molar-refractivity contribution in [1.82, 2.24) is 20.3 Å². The van der Waals surface area contributed by atoms with Crippen LogP contribution < -0.4 is 5.32 Å². The van der Waals surface area contributed by atoms with Gasteiger partial charge in [-0.25, -0.2) is 9.97 Å². The topological polar surface area (TPSA) is 70.7 Å². The zero-order chi connectivity index (χ0) is 21.8. The highest BCUT2D eigenvalue weighted by atomic mass is 32.1. The summed E-state index contributed by atoms with van der Waals surface area (Å²) in [6.07, 6.45) is 1.80. The van der Waals surface area contributed by atoms with E-state index in [1.807, 2.05) is 90.3 Å². The molecule has 0 atom stereocenters. The molecule has 6 heteroatoms. The highest BCUT2D eigenvalue weighted by Gasteiger charge is 2.17. The van der Waals surface area contributed by atoms with Crippen LogP contribution in [0.2, 0.25) is 0 Å². The molecule has 0 aliphatic carbocycles. The van der Waals surface area contributed by atoms with Gasteiger partial charge in [-0.1, -0.05) is 72.8 Å². The number of imidazole rings is 1. The maximum Gasteiger partial charge on any atom is 0.255 e. The van der Waals surface area contributed by atoms with E-state index in [0.29, 0.717) is 17.9 Å². The second-order valence-electron chi connectivity index (χ2n) is 7.27. The maximum absolute atomic E-state index is 13.2. The predicted octanol–water partition coefficient (Wildman–Crippen LogP) is 5.54. The van der Waals surface area contributed by atoms with Gasteiger partial charge in [0.25, 0.3) is 5.91 Å². The van der Waals surface area contributed by atoms with E-state index >= 15 is 0 Å². The average molecular weight is 437 g/mol. The van der Waals surface area contributed by atoms with Crippen molar-refractivity contribution < 1.29 is 4.79 Å². The van der Waals surface area contributed by atoms with E-state index in [0.717, 1.165) is 32.9 Å². The molecule has 0 aliphatic heterocycles. The zero-order valence-electron chi connectivity index (χ0n) is 17.2. The SMILES string of the molecule is O=C(NCc1ccccc1)C(=Cc1nc(-c2ccccc2)cs1)c1nc2ccccc2[nH]1. The minimum atomic E-state index is -0.204. The first-order valence-corrected chi connectivity index (χ1v) is 11.1. The average Bonchev–Trinajstić information content (AvgIpc) is 3.49. The van der Waals surface area contributed by atoms with E-state index in [4.69, 9.17) is 4.98 Å². The first-order valence-electron chi connectivity index (χ1n) is 10.3. The van der Waals surface area contributed by atoms with Gasteiger partial charge < -0.3 is 10.3 Å². The summed E-state index contributed by atoms with van der Waals surface area (Å²) in [5.74, 6) is 0.317. The van der Waals surface area contributed by atoms with Crippen LogP contribution in [0.4, 0.5) is 0 Å². The van der Waals surface area contributed by atoms with E-state index in [-0.39, 0.29) is 5.91 Å². The fourth-order valence-corrected chi connectivity index (χ4v) is 4.17. The second kappa shape index (κ2) is 8.99. The third kappa shape index (κ3) is 4.36. The normalized spacial score (nSPS) is 11.6. The van der Waals surface area contributed by atoms with Crippen molar-refractivity contribution in [3.63, 3.8) is 0 Å². The summed E-state index contributed by atoms with van der Waals surface area (Å²) in [5, 5.41) is 5.75. The number of rotatable bonds is 6. The van der Waals surface area contributed by atoms with Gasteiger partial charge in [-0.2, -0.15) is 0 Å². The second-order valence-corrected chi connectivity index (χ2v) is 8.16. The lowest BCUT2D eigenvalue weighted by molar-refractivity contribution is -0.115. The number of fused-ring (bicyclic) bond motifs is 1. The number of para-hydroxylation sites is 2. The molecule has 5 rings (SSSR count). The van der Waals surface area contributed by atoms with Gasteiger partial charge in [-0.05, 0) is 23.8 Å². The molecule has 156 valence electrons. The summed E-state index contributed by atoms with van der Waals surface area (Å²) in [6, 6.07) is 27.6. The molecule has 5 nitrogen and oxygen atoms in total. The number of amides is 1. The Bertz CT molecular complexity index is 1350. The quantitative estimate of drug-likeness (QED) is 0.343. The Labute approximate surface area is 189 Å². The van der Waals surface area contributed by atoms with E-state index < -0.39 is 0 Å². The Hall–Kier alpha value is -4.03. The van der Waals surface area contributed by atoms with E-state index in [1.165, 1.54) is 11.3 Å². The lowest BCUT2D eigenvalue weighted by atomic mass is 10.2. The Balaban J connectivity index is 1.49. The maximum atomic E-state index is 13.2. The summed E-state index contributed by atoms with van der Waals surface area (Å²) in [7, 11) is 0.